The molecule has 2 aromatic rings. The minimum atomic E-state index is -0.554. The van der Waals surface area contributed by atoms with E-state index in [9.17, 15) is 15.2 Å². The number of non-ortho nitro benzene ring substituents is 1. The fourth-order valence-electron chi connectivity index (χ4n) is 1.74. The molecule has 0 radical (unpaired) electrons. The molecule has 1 aromatic carbocycles. The summed E-state index contributed by atoms with van der Waals surface area (Å²) in [5.74, 6) is 0.162. The second-order valence-electron chi connectivity index (χ2n) is 4.47. The van der Waals surface area contributed by atoms with Gasteiger partial charge in [-0.2, -0.15) is 5.10 Å². The number of phenols is 1. The Morgan fingerprint density at radius 2 is 1.95 bits per heavy atom. The van der Waals surface area contributed by atoms with Crippen LogP contribution in [0.4, 0.5) is 11.6 Å². The van der Waals surface area contributed by atoms with Gasteiger partial charge in [-0.25, -0.2) is 15.4 Å². The van der Waals surface area contributed by atoms with Gasteiger partial charge in [0.15, 0.2) is 0 Å². The summed E-state index contributed by atoms with van der Waals surface area (Å²) < 4.78 is 0.214. The van der Waals surface area contributed by atoms with Crippen LogP contribution in [0.3, 0.4) is 0 Å². The van der Waals surface area contributed by atoms with E-state index in [2.05, 4.69) is 36.4 Å². The van der Waals surface area contributed by atoms with Crippen LogP contribution in [-0.4, -0.2) is 26.2 Å². The van der Waals surface area contributed by atoms with E-state index < -0.39 is 4.92 Å². The highest BCUT2D eigenvalue weighted by molar-refractivity contribution is 9.10. The van der Waals surface area contributed by atoms with Crippen molar-refractivity contribution in [3.8, 4) is 5.75 Å². The number of anilines is 1. The van der Waals surface area contributed by atoms with Crippen molar-refractivity contribution < 1.29 is 10.0 Å². The molecule has 1 aromatic heterocycles. The van der Waals surface area contributed by atoms with Crippen LogP contribution >= 0.6 is 15.9 Å². The molecular weight excluding hydrogens is 354 g/mol. The number of rotatable bonds is 4. The highest BCUT2D eigenvalue weighted by Gasteiger charge is 2.13. The van der Waals surface area contributed by atoms with E-state index in [1.807, 2.05) is 19.9 Å². The monoisotopic (exact) mass is 365 g/mol. The number of hydrazone groups is 1. The van der Waals surface area contributed by atoms with Crippen molar-refractivity contribution in [1.29, 1.82) is 0 Å². The number of aryl methyl sites for hydroxylation is 2. The summed E-state index contributed by atoms with van der Waals surface area (Å²) in [7, 11) is 0. The molecule has 114 valence electrons. The van der Waals surface area contributed by atoms with Gasteiger partial charge >= 0.3 is 0 Å². The predicted molar refractivity (Wildman–Crippen MR) is 85.2 cm³/mol. The van der Waals surface area contributed by atoms with Gasteiger partial charge in [-0.1, -0.05) is 0 Å². The number of aromatic hydroxyl groups is 1. The summed E-state index contributed by atoms with van der Waals surface area (Å²) in [6.45, 7) is 3.65. The van der Waals surface area contributed by atoms with Crippen LogP contribution in [0.15, 0.2) is 27.8 Å². The lowest BCUT2D eigenvalue weighted by Gasteiger charge is -2.03. The van der Waals surface area contributed by atoms with E-state index in [-0.39, 0.29) is 21.5 Å². The minimum absolute atomic E-state index is 0.141. The molecule has 2 N–H and O–H groups in total. The number of nitro groups is 1. The summed E-state index contributed by atoms with van der Waals surface area (Å²) in [5.41, 5.74) is 4.22. The highest BCUT2D eigenvalue weighted by Crippen LogP contribution is 2.31. The Labute approximate surface area is 134 Å². The summed E-state index contributed by atoms with van der Waals surface area (Å²) in [4.78, 5) is 18.5. The number of halogens is 1. The van der Waals surface area contributed by atoms with Crippen LogP contribution in [0, 0.1) is 24.0 Å². The first kappa shape index (κ1) is 15.8. The second kappa shape index (κ2) is 6.48. The molecule has 0 saturated carbocycles. The van der Waals surface area contributed by atoms with Gasteiger partial charge < -0.3 is 5.11 Å². The molecule has 8 nitrogen and oxygen atoms in total. The van der Waals surface area contributed by atoms with Crippen LogP contribution in [0.5, 0.6) is 5.75 Å². The van der Waals surface area contributed by atoms with Crippen molar-refractivity contribution in [3.05, 3.63) is 49.7 Å². The number of hydrogen-bond acceptors (Lipinski definition) is 7. The average Bonchev–Trinajstić information content (AvgIpc) is 2.42. The summed E-state index contributed by atoms with van der Waals surface area (Å²) in [5, 5.41) is 24.6. The zero-order valence-electron chi connectivity index (χ0n) is 11.7. The molecule has 0 aliphatic heterocycles. The van der Waals surface area contributed by atoms with E-state index >= 15 is 0 Å². The molecule has 0 fully saturated rings. The van der Waals surface area contributed by atoms with Gasteiger partial charge in [-0.05, 0) is 35.8 Å². The predicted octanol–water partition coefficient (Wildman–Crippen LogP) is 2.92. The topological polar surface area (TPSA) is 114 Å². The van der Waals surface area contributed by atoms with Crippen molar-refractivity contribution in [2.75, 3.05) is 5.43 Å². The van der Waals surface area contributed by atoms with E-state index in [1.54, 1.807) is 0 Å². The van der Waals surface area contributed by atoms with Crippen molar-refractivity contribution in [3.63, 3.8) is 0 Å². The van der Waals surface area contributed by atoms with Crippen molar-refractivity contribution in [1.82, 2.24) is 9.97 Å². The fraction of sp³-hybridized carbons (Fsp3) is 0.154. The Kier molecular flexibility index (Phi) is 4.66. The van der Waals surface area contributed by atoms with Gasteiger partial charge in [0, 0.05) is 29.1 Å². The molecule has 0 amide bonds. The molecule has 22 heavy (non-hydrogen) atoms. The first-order chi connectivity index (χ1) is 10.4. The summed E-state index contributed by atoms with van der Waals surface area (Å²) in [6.07, 6.45) is 1.26. The maximum atomic E-state index is 10.8. The van der Waals surface area contributed by atoms with Crippen LogP contribution < -0.4 is 5.43 Å². The van der Waals surface area contributed by atoms with Gasteiger partial charge in [0.2, 0.25) is 5.95 Å². The number of nitrogens with zero attached hydrogens (tertiary/aromatic N) is 4. The number of aromatic nitrogens is 2. The maximum Gasteiger partial charge on any atom is 0.271 e. The van der Waals surface area contributed by atoms with Crippen molar-refractivity contribution in [2.24, 2.45) is 5.10 Å². The highest BCUT2D eigenvalue weighted by atomic mass is 79.9. The zero-order chi connectivity index (χ0) is 16.3. The summed E-state index contributed by atoms with van der Waals surface area (Å²) in [6, 6.07) is 4.25. The Morgan fingerprint density at radius 1 is 1.32 bits per heavy atom. The lowest BCUT2D eigenvalue weighted by molar-refractivity contribution is -0.385. The number of nitrogens with one attached hydrogen (secondary N) is 1. The molecular formula is C13H12BrN5O3. The van der Waals surface area contributed by atoms with E-state index in [4.69, 9.17) is 0 Å². The largest absolute Gasteiger partial charge is 0.506 e. The molecule has 2 rings (SSSR count). The smallest absolute Gasteiger partial charge is 0.271 e. The lowest BCUT2D eigenvalue weighted by Crippen LogP contribution is -2.00. The molecule has 0 aliphatic carbocycles. The Balaban J connectivity index is 2.24. The fourth-order valence-corrected chi connectivity index (χ4v) is 2.21. The molecule has 0 aliphatic rings. The molecule has 0 unspecified atom stereocenters. The summed E-state index contributed by atoms with van der Waals surface area (Å²) >= 11 is 3.06. The quantitative estimate of drug-likeness (QED) is 0.489. The zero-order valence-corrected chi connectivity index (χ0v) is 13.3. The first-order valence-corrected chi connectivity index (χ1v) is 6.94. The Bertz CT molecular complexity index is 743. The first-order valence-electron chi connectivity index (χ1n) is 6.15. The third-order valence-electron chi connectivity index (χ3n) is 2.64. The Hall–Kier alpha value is -2.55. The number of hydrogen-bond donors (Lipinski definition) is 2. The van der Waals surface area contributed by atoms with Gasteiger partial charge in [0.1, 0.15) is 5.75 Å². The normalized spacial score (nSPS) is 10.9. The van der Waals surface area contributed by atoms with E-state index in [1.165, 1.54) is 18.3 Å². The minimum Gasteiger partial charge on any atom is -0.506 e. The van der Waals surface area contributed by atoms with E-state index in [0.29, 0.717) is 5.95 Å². The van der Waals surface area contributed by atoms with Crippen molar-refractivity contribution >= 4 is 33.8 Å². The van der Waals surface area contributed by atoms with E-state index in [0.717, 1.165) is 11.4 Å². The number of phenolic OH excluding ortho intramolecular Hbond substituents is 1. The molecule has 1 heterocycles. The third kappa shape index (κ3) is 3.76. The Morgan fingerprint density at radius 3 is 2.55 bits per heavy atom. The van der Waals surface area contributed by atoms with Crippen LogP contribution in [0.1, 0.15) is 17.0 Å². The molecule has 0 spiro atoms. The average molecular weight is 366 g/mol. The van der Waals surface area contributed by atoms with Gasteiger partial charge in [-0.15, -0.1) is 0 Å². The molecule has 0 bridgehead atoms. The van der Waals surface area contributed by atoms with Crippen molar-refractivity contribution in [2.45, 2.75) is 13.8 Å². The third-order valence-corrected chi connectivity index (χ3v) is 3.24. The van der Waals surface area contributed by atoms with Crippen LogP contribution in [-0.2, 0) is 0 Å². The number of benzene rings is 1. The van der Waals surface area contributed by atoms with Gasteiger partial charge in [-0.3, -0.25) is 10.1 Å². The number of nitro benzene ring substituents is 1. The lowest BCUT2D eigenvalue weighted by atomic mass is 10.2. The SMILES string of the molecule is Cc1cc(C)nc(N/N=C\c2cc([N+](=O)[O-])cc(Br)c2O)n1. The van der Waals surface area contributed by atoms with Crippen LogP contribution in [0.2, 0.25) is 0 Å². The molecule has 9 heteroatoms. The van der Waals surface area contributed by atoms with Gasteiger partial charge in [0.25, 0.3) is 5.69 Å². The molecule has 0 atom stereocenters. The van der Waals surface area contributed by atoms with Crippen LogP contribution in [0.25, 0.3) is 0 Å². The second-order valence-corrected chi connectivity index (χ2v) is 5.32. The standard InChI is InChI=1S/C13H12BrN5O3/c1-7-3-8(2)17-13(16-7)18-15-6-9-4-10(19(21)22)5-11(14)12(9)20/h3-6,20H,1-2H3,(H,16,17,18)/b15-6-. The van der Waals surface area contributed by atoms with Gasteiger partial charge in [0.05, 0.1) is 15.6 Å². The molecule has 0 saturated heterocycles. The maximum absolute atomic E-state index is 10.8.